The van der Waals surface area contributed by atoms with E-state index in [4.69, 9.17) is 4.74 Å². The summed E-state index contributed by atoms with van der Waals surface area (Å²) in [6.45, 7) is 9.32. The van der Waals surface area contributed by atoms with Crippen LogP contribution >= 0.6 is 0 Å². The number of nitrogens with zero attached hydrogens (tertiary/aromatic N) is 2. The van der Waals surface area contributed by atoms with Crippen molar-refractivity contribution >= 4 is 34.1 Å². The molecule has 1 spiro atoms. The first-order valence-corrected chi connectivity index (χ1v) is 18.2. The van der Waals surface area contributed by atoms with Crippen LogP contribution in [0.3, 0.4) is 0 Å². The van der Waals surface area contributed by atoms with Gasteiger partial charge in [0.25, 0.3) is 0 Å². The number of carbonyl (C=O) groups is 4. The van der Waals surface area contributed by atoms with Crippen molar-refractivity contribution in [2.24, 2.45) is 16.7 Å². The Balaban J connectivity index is 1.07. The van der Waals surface area contributed by atoms with E-state index in [1.807, 2.05) is 55.6 Å². The van der Waals surface area contributed by atoms with E-state index in [9.17, 15) is 19.2 Å². The molecular formula is C43H44N2O5. The zero-order valence-electron chi connectivity index (χ0n) is 29.6. The van der Waals surface area contributed by atoms with Gasteiger partial charge in [0.1, 0.15) is 11.3 Å². The Hall–Kier alpha value is -4.36. The van der Waals surface area contributed by atoms with Gasteiger partial charge in [0.15, 0.2) is 17.3 Å². The molecule has 7 nitrogen and oxygen atoms in total. The minimum absolute atomic E-state index is 0.00192. The van der Waals surface area contributed by atoms with E-state index in [0.717, 1.165) is 76.7 Å². The summed E-state index contributed by atoms with van der Waals surface area (Å²) in [7, 11) is 2.02. The molecule has 9 rings (SSSR count). The van der Waals surface area contributed by atoms with E-state index in [1.54, 1.807) is 12.1 Å². The molecule has 7 heteroatoms. The number of fused-ring (bicyclic) bond motifs is 3. The molecule has 0 bridgehead atoms. The Morgan fingerprint density at radius 2 is 1.42 bits per heavy atom. The molecule has 50 heavy (non-hydrogen) atoms. The zero-order chi connectivity index (χ0) is 34.9. The minimum atomic E-state index is -1.06. The van der Waals surface area contributed by atoms with Crippen molar-refractivity contribution < 1.29 is 23.9 Å². The number of esters is 1. The van der Waals surface area contributed by atoms with Crippen molar-refractivity contribution in [3.63, 3.8) is 0 Å². The molecule has 0 N–H and O–H groups in total. The number of allylic oxidation sites excluding steroid dienone is 4. The van der Waals surface area contributed by atoms with Gasteiger partial charge in [-0.05, 0) is 83.5 Å². The van der Waals surface area contributed by atoms with E-state index in [-0.39, 0.29) is 34.2 Å². The SMILES string of the molecule is CN1C2=C(C(=O)CC(C)(C)C2)C(c2ccc(OC(=O)C3CC4CCCN4C34C(=O)c3cccc5cccc4c35)cc2)C2=C1CC(C)(C)CC2=O. The highest BCUT2D eigenvalue weighted by Gasteiger charge is 2.65. The summed E-state index contributed by atoms with van der Waals surface area (Å²) in [5, 5.41) is 1.97. The second-order valence-corrected chi connectivity index (χ2v) is 17.2. The Morgan fingerprint density at radius 3 is 2.06 bits per heavy atom. The van der Waals surface area contributed by atoms with E-state index in [2.05, 4.69) is 37.5 Å². The molecule has 0 saturated carbocycles. The van der Waals surface area contributed by atoms with Gasteiger partial charge in [-0.15, -0.1) is 0 Å². The van der Waals surface area contributed by atoms with Crippen molar-refractivity contribution in [2.75, 3.05) is 13.6 Å². The second kappa shape index (κ2) is 10.6. The predicted octanol–water partition coefficient (Wildman–Crippen LogP) is 7.64. The van der Waals surface area contributed by atoms with Gasteiger partial charge in [-0.25, -0.2) is 0 Å². The van der Waals surface area contributed by atoms with Gasteiger partial charge in [-0.2, -0.15) is 0 Å². The third kappa shape index (κ3) is 4.31. The van der Waals surface area contributed by atoms with Gasteiger partial charge in [0.2, 0.25) is 0 Å². The van der Waals surface area contributed by atoms with E-state index < -0.39 is 23.3 Å². The minimum Gasteiger partial charge on any atom is -0.426 e. The highest BCUT2D eigenvalue weighted by atomic mass is 16.5. The van der Waals surface area contributed by atoms with Crippen LogP contribution in [-0.2, 0) is 19.9 Å². The zero-order valence-corrected chi connectivity index (χ0v) is 29.6. The Kier molecular flexibility index (Phi) is 6.69. The van der Waals surface area contributed by atoms with Crippen LogP contribution < -0.4 is 4.74 Å². The first kappa shape index (κ1) is 31.6. The van der Waals surface area contributed by atoms with Gasteiger partial charge in [0.05, 0.1) is 5.92 Å². The molecule has 3 aromatic rings. The molecule has 3 aliphatic heterocycles. The fraction of sp³-hybridized carbons (Fsp3) is 0.442. The normalized spacial score (nSPS) is 28.5. The number of hydrogen-bond donors (Lipinski definition) is 0. The van der Waals surface area contributed by atoms with Crippen LogP contribution in [0.1, 0.15) is 100 Å². The number of rotatable bonds is 3. The Morgan fingerprint density at radius 1 is 0.800 bits per heavy atom. The van der Waals surface area contributed by atoms with Crippen molar-refractivity contribution in [2.45, 2.75) is 90.1 Å². The van der Waals surface area contributed by atoms with Gasteiger partial charge in [0, 0.05) is 60.0 Å². The van der Waals surface area contributed by atoms with Crippen molar-refractivity contribution in [1.29, 1.82) is 0 Å². The molecule has 3 heterocycles. The molecule has 0 amide bonds. The maximum absolute atomic E-state index is 14.5. The van der Waals surface area contributed by atoms with E-state index >= 15 is 0 Å². The molecule has 3 aromatic carbocycles. The van der Waals surface area contributed by atoms with Crippen molar-refractivity contribution in [3.05, 3.63) is 99.9 Å². The lowest BCUT2D eigenvalue weighted by Crippen LogP contribution is -2.52. The molecular weight excluding hydrogens is 624 g/mol. The van der Waals surface area contributed by atoms with Crippen LogP contribution in [0.25, 0.3) is 10.8 Å². The summed E-state index contributed by atoms with van der Waals surface area (Å²) in [6, 6.07) is 19.5. The summed E-state index contributed by atoms with van der Waals surface area (Å²) < 4.78 is 6.18. The molecule has 0 radical (unpaired) electrons. The fourth-order valence-electron chi connectivity index (χ4n) is 10.7. The predicted molar refractivity (Wildman–Crippen MR) is 190 cm³/mol. The molecule has 3 unspecified atom stereocenters. The topological polar surface area (TPSA) is 84.0 Å². The average molecular weight is 669 g/mol. The van der Waals surface area contributed by atoms with Crippen LogP contribution in [-0.4, -0.2) is 52.8 Å². The van der Waals surface area contributed by atoms with Crippen LogP contribution in [0.15, 0.2) is 83.2 Å². The molecule has 3 aliphatic carbocycles. The maximum atomic E-state index is 14.5. The standard InChI is InChI=1S/C43H44N2O5/c1-41(2)20-31-37(33(46)22-41)36(38-32(44(31)5)21-42(3,4)23-34(38)47)25-14-16-27(17-15-25)50-40(49)30-19-26-11-8-18-45(26)43(30)29-13-7-10-24-9-6-12-28(35(24)29)39(43)48/h6-7,9-10,12-17,26,30,36H,8,11,18-23H2,1-5H3. The number of hydrogen-bond acceptors (Lipinski definition) is 7. The molecule has 256 valence electrons. The van der Waals surface area contributed by atoms with Gasteiger partial charge >= 0.3 is 5.97 Å². The summed E-state index contributed by atoms with van der Waals surface area (Å²) >= 11 is 0. The first-order valence-electron chi connectivity index (χ1n) is 18.2. The van der Waals surface area contributed by atoms with E-state index in [0.29, 0.717) is 30.6 Å². The third-order valence-electron chi connectivity index (χ3n) is 12.6. The van der Waals surface area contributed by atoms with Crippen molar-refractivity contribution in [3.8, 4) is 5.75 Å². The highest BCUT2D eigenvalue weighted by molar-refractivity contribution is 6.21. The number of benzene rings is 3. The monoisotopic (exact) mass is 668 g/mol. The smallest absolute Gasteiger partial charge is 0.317 e. The van der Waals surface area contributed by atoms with Gasteiger partial charge in [-0.1, -0.05) is 76.2 Å². The van der Waals surface area contributed by atoms with Crippen LogP contribution in [0.4, 0.5) is 0 Å². The molecule has 6 aliphatic rings. The van der Waals surface area contributed by atoms with Gasteiger partial charge in [-0.3, -0.25) is 24.1 Å². The fourth-order valence-corrected chi connectivity index (χ4v) is 10.7. The second-order valence-electron chi connectivity index (χ2n) is 17.2. The maximum Gasteiger partial charge on any atom is 0.317 e. The lowest BCUT2D eigenvalue weighted by atomic mass is 9.64. The highest BCUT2D eigenvalue weighted by Crippen LogP contribution is 2.58. The van der Waals surface area contributed by atoms with Crippen LogP contribution in [0, 0.1) is 16.7 Å². The summed E-state index contributed by atoms with van der Waals surface area (Å²) in [5.74, 6) is -0.900. The average Bonchev–Trinajstić information content (AvgIpc) is 3.72. The summed E-state index contributed by atoms with van der Waals surface area (Å²) in [5.41, 5.74) is 4.55. The number of Topliss-reactive ketones (excluding diaryl/α,β-unsaturated/α-hetero) is 3. The Bertz CT molecular complexity index is 2060. The number of ketones is 3. The quantitative estimate of drug-likeness (QED) is 0.210. The Labute approximate surface area is 293 Å². The summed E-state index contributed by atoms with van der Waals surface area (Å²) in [4.78, 5) is 61.1. The number of ether oxygens (including phenoxy) is 1. The molecule has 0 aromatic heterocycles. The molecule has 2 fully saturated rings. The molecule has 3 atom stereocenters. The van der Waals surface area contributed by atoms with Crippen LogP contribution in [0.5, 0.6) is 5.75 Å². The number of carbonyl (C=O) groups excluding carboxylic acids is 4. The van der Waals surface area contributed by atoms with Crippen molar-refractivity contribution in [1.82, 2.24) is 9.80 Å². The van der Waals surface area contributed by atoms with Gasteiger partial charge < -0.3 is 9.64 Å². The lowest BCUT2D eigenvalue weighted by molar-refractivity contribution is -0.141. The largest absolute Gasteiger partial charge is 0.426 e. The first-order chi connectivity index (χ1) is 23.8. The lowest BCUT2D eigenvalue weighted by Gasteiger charge is -2.47. The molecule has 2 saturated heterocycles. The van der Waals surface area contributed by atoms with E-state index in [1.165, 1.54) is 0 Å². The third-order valence-corrected chi connectivity index (χ3v) is 12.6. The summed E-state index contributed by atoms with van der Waals surface area (Å²) in [6.07, 6.45) is 4.93. The van der Waals surface area contributed by atoms with Crippen LogP contribution in [0.2, 0.25) is 0 Å².